The summed E-state index contributed by atoms with van der Waals surface area (Å²) in [4.78, 5) is 12.4. The second-order valence-corrected chi connectivity index (χ2v) is 5.98. The predicted octanol–water partition coefficient (Wildman–Crippen LogP) is 5.66. The molecule has 27 heavy (non-hydrogen) atoms. The van der Waals surface area contributed by atoms with Crippen molar-refractivity contribution in [2.75, 3.05) is 13.7 Å². The van der Waals surface area contributed by atoms with Crippen molar-refractivity contribution in [1.82, 2.24) is 0 Å². The van der Waals surface area contributed by atoms with Crippen LogP contribution in [0.15, 0.2) is 78.9 Å². The van der Waals surface area contributed by atoms with E-state index in [0.29, 0.717) is 23.7 Å². The smallest absolute Gasteiger partial charge is 0.185 e. The van der Waals surface area contributed by atoms with E-state index in [4.69, 9.17) is 9.47 Å². The number of rotatable bonds is 7. The molecule has 0 aliphatic rings. The van der Waals surface area contributed by atoms with Gasteiger partial charge in [0.1, 0.15) is 0 Å². The Kier molecular flexibility index (Phi) is 6.06. The molecule has 0 radical (unpaired) electrons. The minimum atomic E-state index is -0.0394. The lowest BCUT2D eigenvalue weighted by Gasteiger charge is -2.09. The van der Waals surface area contributed by atoms with E-state index in [9.17, 15) is 4.79 Å². The van der Waals surface area contributed by atoms with Crippen LogP contribution in [0.2, 0.25) is 0 Å². The number of hydrogen-bond acceptors (Lipinski definition) is 3. The molecule has 0 saturated carbocycles. The van der Waals surface area contributed by atoms with Crippen molar-refractivity contribution >= 4 is 11.9 Å². The summed E-state index contributed by atoms with van der Waals surface area (Å²) >= 11 is 0. The molecule has 0 amide bonds. The zero-order chi connectivity index (χ0) is 19.1. The van der Waals surface area contributed by atoms with E-state index in [1.165, 1.54) is 0 Å². The van der Waals surface area contributed by atoms with Gasteiger partial charge in [-0.3, -0.25) is 4.79 Å². The Bertz CT molecular complexity index is 926. The van der Waals surface area contributed by atoms with Crippen molar-refractivity contribution in [2.24, 2.45) is 0 Å². The fourth-order valence-corrected chi connectivity index (χ4v) is 2.79. The van der Waals surface area contributed by atoms with Crippen LogP contribution in [0.1, 0.15) is 22.8 Å². The highest BCUT2D eigenvalue weighted by molar-refractivity contribution is 6.07. The van der Waals surface area contributed by atoms with E-state index < -0.39 is 0 Å². The van der Waals surface area contributed by atoms with Gasteiger partial charge in [-0.15, -0.1) is 0 Å². The molecule has 0 bridgehead atoms. The lowest BCUT2D eigenvalue weighted by atomic mass is 10.0. The van der Waals surface area contributed by atoms with Gasteiger partial charge in [0, 0.05) is 5.56 Å². The first-order chi connectivity index (χ1) is 13.2. The Morgan fingerprint density at radius 3 is 2.26 bits per heavy atom. The molecule has 0 atom stereocenters. The van der Waals surface area contributed by atoms with E-state index in [2.05, 4.69) is 12.1 Å². The fourth-order valence-electron chi connectivity index (χ4n) is 2.79. The molecular formula is C24H22O3. The van der Waals surface area contributed by atoms with Crippen LogP contribution in [-0.2, 0) is 0 Å². The summed E-state index contributed by atoms with van der Waals surface area (Å²) in [5.41, 5.74) is 3.76. The molecule has 0 fully saturated rings. The van der Waals surface area contributed by atoms with Crippen molar-refractivity contribution in [2.45, 2.75) is 6.92 Å². The Balaban J connectivity index is 1.73. The van der Waals surface area contributed by atoms with Crippen molar-refractivity contribution < 1.29 is 14.3 Å². The summed E-state index contributed by atoms with van der Waals surface area (Å²) in [5, 5.41) is 0. The Morgan fingerprint density at radius 1 is 0.889 bits per heavy atom. The average molecular weight is 358 g/mol. The highest BCUT2D eigenvalue weighted by atomic mass is 16.5. The van der Waals surface area contributed by atoms with E-state index in [-0.39, 0.29) is 5.78 Å². The average Bonchev–Trinajstić information content (AvgIpc) is 2.73. The molecule has 3 aromatic rings. The van der Waals surface area contributed by atoms with Gasteiger partial charge in [0.2, 0.25) is 0 Å². The van der Waals surface area contributed by atoms with Crippen LogP contribution in [0.5, 0.6) is 11.5 Å². The van der Waals surface area contributed by atoms with Crippen LogP contribution < -0.4 is 9.47 Å². The maximum absolute atomic E-state index is 12.4. The lowest BCUT2D eigenvalue weighted by Crippen LogP contribution is -1.96. The molecule has 0 unspecified atom stereocenters. The lowest BCUT2D eigenvalue weighted by molar-refractivity contribution is 0.104. The van der Waals surface area contributed by atoms with Gasteiger partial charge in [-0.25, -0.2) is 0 Å². The summed E-state index contributed by atoms with van der Waals surface area (Å²) in [6.07, 6.45) is 3.36. The van der Waals surface area contributed by atoms with Gasteiger partial charge in [0.05, 0.1) is 13.7 Å². The largest absolute Gasteiger partial charge is 0.493 e. The number of ketones is 1. The number of ether oxygens (including phenoxy) is 2. The Hall–Kier alpha value is -3.33. The van der Waals surface area contributed by atoms with Crippen LogP contribution in [0.4, 0.5) is 0 Å². The number of methoxy groups -OCH3 is 1. The molecule has 136 valence electrons. The minimum Gasteiger partial charge on any atom is -0.493 e. The highest BCUT2D eigenvalue weighted by Gasteiger charge is 2.06. The number of hydrogen-bond donors (Lipinski definition) is 0. The zero-order valence-corrected chi connectivity index (χ0v) is 15.5. The third-order valence-electron chi connectivity index (χ3n) is 4.19. The van der Waals surface area contributed by atoms with Crippen LogP contribution in [0.25, 0.3) is 17.2 Å². The summed E-state index contributed by atoms with van der Waals surface area (Å²) in [5.74, 6) is 1.31. The zero-order valence-electron chi connectivity index (χ0n) is 15.5. The predicted molar refractivity (Wildman–Crippen MR) is 109 cm³/mol. The summed E-state index contributed by atoms with van der Waals surface area (Å²) in [6, 6.07) is 23.3. The molecule has 3 heteroatoms. The standard InChI is InChI=1S/C24H22O3/c1-3-27-23-16-10-18(17-24(23)26-2)9-15-22(25)21-13-11-20(12-14-21)19-7-5-4-6-8-19/h4-17H,3H2,1-2H3/b15-9+. The van der Waals surface area contributed by atoms with Gasteiger partial charge in [0.15, 0.2) is 17.3 Å². The van der Waals surface area contributed by atoms with E-state index in [1.807, 2.05) is 67.6 Å². The quantitative estimate of drug-likeness (QED) is 0.404. The molecule has 3 nitrogen and oxygen atoms in total. The molecular weight excluding hydrogens is 336 g/mol. The van der Waals surface area contributed by atoms with Crippen LogP contribution in [-0.4, -0.2) is 19.5 Å². The van der Waals surface area contributed by atoms with Crippen molar-refractivity contribution in [1.29, 1.82) is 0 Å². The SMILES string of the molecule is CCOc1ccc(/C=C/C(=O)c2ccc(-c3ccccc3)cc2)cc1OC. The monoisotopic (exact) mass is 358 g/mol. The maximum atomic E-state index is 12.4. The third kappa shape index (κ3) is 4.64. The molecule has 0 aliphatic heterocycles. The third-order valence-corrected chi connectivity index (χ3v) is 4.19. The number of carbonyl (C=O) groups is 1. The first kappa shape index (κ1) is 18.5. The number of benzene rings is 3. The fraction of sp³-hybridized carbons (Fsp3) is 0.125. The molecule has 0 heterocycles. The molecule has 0 aromatic heterocycles. The molecule has 3 rings (SSSR count). The highest BCUT2D eigenvalue weighted by Crippen LogP contribution is 2.28. The molecule has 0 N–H and O–H groups in total. The molecule has 0 saturated heterocycles. The number of allylic oxidation sites excluding steroid dienone is 1. The van der Waals surface area contributed by atoms with E-state index >= 15 is 0 Å². The van der Waals surface area contributed by atoms with Crippen molar-refractivity contribution in [3.05, 3.63) is 90.0 Å². The molecule has 3 aromatic carbocycles. The summed E-state index contributed by atoms with van der Waals surface area (Å²) in [6.45, 7) is 2.50. The topological polar surface area (TPSA) is 35.5 Å². The minimum absolute atomic E-state index is 0.0394. The Labute approximate surface area is 159 Å². The van der Waals surface area contributed by atoms with Crippen LogP contribution >= 0.6 is 0 Å². The maximum Gasteiger partial charge on any atom is 0.185 e. The molecule has 0 aliphatic carbocycles. The van der Waals surface area contributed by atoms with Gasteiger partial charge in [-0.1, -0.05) is 66.7 Å². The van der Waals surface area contributed by atoms with Gasteiger partial charge in [0.25, 0.3) is 0 Å². The first-order valence-electron chi connectivity index (χ1n) is 8.90. The van der Waals surface area contributed by atoms with Crippen LogP contribution in [0, 0.1) is 0 Å². The van der Waals surface area contributed by atoms with Crippen LogP contribution in [0.3, 0.4) is 0 Å². The summed E-state index contributed by atoms with van der Waals surface area (Å²) in [7, 11) is 1.60. The van der Waals surface area contributed by atoms with Gasteiger partial charge in [-0.2, -0.15) is 0 Å². The number of carbonyl (C=O) groups excluding carboxylic acids is 1. The molecule has 0 spiro atoms. The van der Waals surface area contributed by atoms with Crippen molar-refractivity contribution in [3.63, 3.8) is 0 Å². The van der Waals surface area contributed by atoms with Gasteiger partial charge in [-0.05, 0) is 41.8 Å². The van der Waals surface area contributed by atoms with E-state index in [1.54, 1.807) is 19.3 Å². The first-order valence-corrected chi connectivity index (χ1v) is 8.90. The second-order valence-electron chi connectivity index (χ2n) is 5.98. The van der Waals surface area contributed by atoms with E-state index in [0.717, 1.165) is 16.7 Å². The van der Waals surface area contributed by atoms with Crippen molar-refractivity contribution in [3.8, 4) is 22.6 Å². The normalized spacial score (nSPS) is 10.7. The Morgan fingerprint density at radius 2 is 1.59 bits per heavy atom. The summed E-state index contributed by atoms with van der Waals surface area (Å²) < 4.78 is 10.9. The van der Waals surface area contributed by atoms with Gasteiger partial charge < -0.3 is 9.47 Å². The van der Waals surface area contributed by atoms with Gasteiger partial charge >= 0.3 is 0 Å². The second kappa shape index (κ2) is 8.86.